The second-order valence-corrected chi connectivity index (χ2v) is 5.39. The van der Waals surface area contributed by atoms with Crippen LogP contribution in [0.1, 0.15) is 5.56 Å². The molecule has 4 heteroatoms. The molecule has 0 bridgehead atoms. The van der Waals surface area contributed by atoms with E-state index in [0.29, 0.717) is 5.58 Å². The number of hydrogen-bond donors (Lipinski definition) is 0. The molecule has 21 heavy (non-hydrogen) atoms. The summed E-state index contributed by atoms with van der Waals surface area (Å²) in [5.74, 6) is 0. The fraction of sp³-hybridized carbons (Fsp3) is 0.0588. The lowest BCUT2D eigenvalue weighted by Gasteiger charge is -1.99. The Labute approximate surface area is 126 Å². The van der Waals surface area contributed by atoms with Crippen molar-refractivity contribution in [3.63, 3.8) is 0 Å². The molecule has 0 aliphatic carbocycles. The van der Waals surface area contributed by atoms with Crippen molar-refractivity contribution < 1.29 is 4.42 Å². The van der Waals surface area contributed by atoms with Gasteiger partial charge in [0, 0.05) is 22.6 Å². The number of fused-ring (bicyclic) bond motifs is 1. The summed E-state index contributed by atoms with van der Waals surface area (Å²) in [6, 6.07) is 16.9. The summed E-state index contributed by atoms with van der Waals surface area (Å²) < 4.78 is 5.10. The molecule has 0 atom stereocenters. The molecule has 0 saturated carbocycles. The van der Waals surface area contributed by atoms with Crippen LogP contribution < -0.4 is 5.63 Å². The first-order valence-corrected chi connectivity index (χ1v) is 7.69. The molecule has 0 saturated heterocycles. The van der Waals surface area contributed by atoms with Gasteiger partial charge in [-0.3, -0.25) is 4.99 Å². The van der Waals surface area contributed by atoms with Gasteiger partial charge in [-0.15, -0.1) is 11.8 Å². The third-order valence-electron chi connectivity index (χ3n) is 3.08. The first-order chi connectivity index (χ1) is 10.2. The van der Waals surface area contributed by atoms with Crippen LogP contribution in [0.5, 0.6) is 0 Å². The molecule has 2 aromatic carbocycles. The van der Waals surface area contributed by atoms with Gasteiger partial charge in [0.25, 0.3) is 0 Å². The second kappa shape index (κ2) is 5.97. The van der Waals surface area contributed by atoms with Gasteiger partial charge in [0.15, 0.2) is 0 Å². The van der Waals surface area contributed by atoms with E-state index in [2.05, 4.69) is 23.4 Å². The van der Waals surface area contributed by atoms with Crippen molar-refractivity contribution in [2.45, 2.75) is 4.90 Å². The van der Waals surface area contributed by atoms with Gasteiger partial charge in [-0.1, -0.05) is 12.1 Å². The Balaban J connectivity index is 1.88. The predicted octanol–water partition coefficient (Wildman–Crippen LogP) is 4.27. The van der Waals surface area contributed by atoms with Crippen molar-refractivity contribution in [1.29, 1.82) is 0 Å². The molecular weight excluding hydrogens is 282 g/mol. The lowest BCUT2D eigenvalue weighted by molar-refractivity contribution is 0.561. The maximum absolute atomic E-state index is 11.1. The van der Waals surface area contributed by atoms with E-state index >= 15 is 0 Å². The van der Waals surface area contributed by atoms with E-state index in [1.165, 1.54) is 11.0 Å². The van der Waals surface area contributed by atoms with Crippen LogP contribution in [0.3, 0.4) is 0 Å². The second-order valence-electron chi connectivity index (χ2n) is 4.51. The van der Waals surface area contributed by atoms with Crippen molar-refractivity contribution in [2.24, 2.45) is 4.99 Å². The molecule has 0 N–H and O–H groups in total. The van der Waals surface area contributed by atoms with E-state index in [1.54, 1.807) is 23.9 Å². The lowest BCUT2D eigenvalue weighted by Crippen LogP contribution is -1.93. The molecule has 0 aliphatic rings. The molecule has 0 fully saturated rings. The Morgan fingerprint density at radius 1 is 1.05 bits per heavy atom. The van der Waals surface area contributed by atoms with Gasteiger partial charge in [-0.05, 0) is 48.2 Å². The van der Waals surface area contributed by atoms with Crippen molar-refractivity contribution in [1.82, 2.24) is 0 Å². The van der Waals surface area contributed by atoms with E-state index in [4.69, 9.17) is 4.42 Å². The smallest absolute Gasteiger partial charge is 0.336 e. The van der Waals surface area contributed by atoms with Gasteiger partial charge in [0.1, 0.15) is 5.58 Å². The van der Waals surface area contributed by atoms with Crippen LogP contribution in [0, 0.1) is 0 Å². The predicted molar refractivity (Wildman–Crippen MR) is 88.0 cm³/mol. The fourth-order valence-electron chi connectivity index (χ4n) is 1.98. The minimum Gasteiger partial charge on any atom is -0.423 e. The fourth-order valence-corrected chi connectivity index (χ4v) is 2.39. The third-order valence-corrected chi connectivity index (χ3v) is 3.82. The summed E-state index contributed by atoms with van der Waals surface area (Å²) in [6.07, 6.45) is 3.88. The maximum atomic E-state index is 11.1. The Morgan fingerprint density at radius 2 is 1.86 bits per heavy atom. The molecule has 0 radical (unpaired) electrons. The number of rotatable bonds is 3. The minimum atomic E-state index is -0.340. The van der Waals surface area contributed by atoms with Gasteiger partial charge in [0.05, 0.1) is 5.69 Å². The van der Waals surface area contributed by atoms with Gasteiger partial charge in [-0.2, -0.15) is 0 Å². The first-order valence-electron chi connectivity index (χ1n) is 6.47. The van der Waals surface area contributed by atoms with Gasteiger partial charge < -0.3 is 4.42 Å². The Bertz CT molecular complexity index is 851. The van der Waals surface area contributed by atoms with E-state index in [-0.39, 0.29) is 5.63 Å². The lowest BCUT2D eigenvalue weighted by atomic mass is 10.2. The number of nitrogens with zero attached hydrogens (tertiary/aromatic N) is 1. The van der Waals surface area contributed by atoms with Crippen LogP contribution >= 0.6 is 11.8 Å². The molecule has 3 aromatic rings. The highest BCUT2D eigenvalue weighted by Crippen LogP contribution is 2.20. The SMILES string of the molecule is CSc1ccc(C=Nc2ccc3oc(=O)ccc3c2)cc1. The molecule has 0 amide bonds. The number of aliphatic imine (C=N–C) groups is 1. The Hall–Kier alpha value is -2.33. The standard InChI is InChI=1S/C17H13NO2S/c1-21-15-6-2-12(3-7-15)11-18-14-5-8-16-13(10-14)4-9-17(19)20-16/h2-11H,1H3. The zero-order valence-corrected chi connectivity index (χ0v) is 12.3. The minimum absolute atomic E-state index is 0.340. The topological polar surface area (TPSA) is 42.6 Å². The van der Waals surface area contributed by atoms with Crippen LogP contribution in [0.2, 0.25) is 0 Å². The average molecular weight is 295 g/mol. The zero-order valence-electron chi connectivity index (χ0n) is 11.4. The van der Waals surface area contributed by atoms with Crippen LogP contribution in [0.4, 0.5) is 5.69 Å². The van der Waals surface area contributed by atoms with Crippen molar-refractivity contribution in [3.05, 3.63) is 70.6 Å². The summed E-state index contributed by atoms with van der Waals surface area (Å²) in [4.78, 5) is 16.8. The van der Waals surface area contributed by atoms with E-state index in [0.717, 1.165) is 16.6 Å². The van der Waals surface area contributed by atoms with Crippen molar-refractivity contribution in [2.75, 3.05) is 6.26 Å². The number of hydrogen-bond acceptors (Lipinski definition) is 4. The largest absolute Gasteiger partial charge is 0.423 e. The van der Waals surface area contributed by atoms with Crippen molar-refractivity contribution in [3.8, 4) is 0 Å². The van der Waals surface area contributed by atoms with Gasteiger partial charge >= 0.3 is 5.63 Å². The van der Waals surface area contributed by atoms with Crippen LogP contribution in [-0.4, -0.2) is 12.5 Å². The van der Waals surface area contributed by atoms with Crippen LogP contribution in [0.15, 0.2) is 73.7 Å². The quantitative estimate of drug-likeness (QED) is 0.412. The summed E-state index contributed by atoms with van der Waals surface area (Å²) in [7, 11) is 0. The molecule has 3 nitrogen and oxygen atoms in total. The molecule has 1 heterocycles. The Kier molecular flexibility index (Phi) is 3.88. The molecule has 1 aromatic heterocycles. The van der Waals surface area contributed by atoms with E-state index in [1.807, 2.05) is 30.5 Å². The van der Waals surface area contributed by atoms with Crippen LogP contribution in [0.25, 0.3) is 11.0 Å². The highest BCUT2D eigenvalue weighted by Gasteiger charge is 1.98. The third kappa shape index (κ3) is 3.23. The molecule has 3 rings (SSSR count). The van der Waals surface area contributed by atoms with Crippen molar-refractivity contribution >= 4 is 34.6 Å². The molecule has 0 spiro atoms. The monoisotopic (exact) mass is 295 g/mol. The van der Waals surface area contributed by atoms with Gasteiger partial charge in [-0.25, -0.2) is 4.79 Å². The Morgan fingerprint density at radius 3 is 2.62 bits per heavy atom. The summed E-state index contributed by atoms with van der Waals surface area (Å²) >= 11 is 1.71. The summed E-state index contributed by atoms with van der Waals surface area (Å²) in [6.45, 7) is 0. The average Bonchev–Trinajstić information content (AvgIpc) is 2.53. The maximum Gasteiger partial charge on any atom is 0.336 e. The first kappa shape index (κ1) is 13.6. The molecule has 104 valence electrons. The number of thioether (sulfide) groups is 1. The number of benzene rings is 2. The van der Waals surface area contributed by atoms with Crippen LogP contribution in [-0.2, 0) is 0 Å². The molecule has 0 unspecified atom stereocenters. The van der Waals surface area contributed by atoms with E-state index < -0.39 is 0 Å². The summed E-state index contributed by atoms with van der Waals surface area (Å²) in [5, 5.41) is 0.863. The highest BCUT2D eigenvalue weighted by molar-refractivity contribution is 7.98. The summed E-state index contributed by atoms with van der Waals surface area (Å²) in [5.41, 5.74) is 2.11. The van der Waals surface area contributed by atoms with Gasteiger partial charge in [0.2, 0.25) is 0 Å². The normalized spacial score (nSPS) is 11.3. The molecular formula is C17H13NO2S. The highest BCUT2D eigenvalue weighted by atomic mass is 32.2. The van der Waals surface area contributed by atoms with E-state index in [9.17, 15) is 4.79 Å². The zero-order chi connectivity index (χ0) is 14.7. The molecule has 0 aliphatic heterocycles.